The molecule has 3 rings (SSSR count). The second kappa shape index (κ2) is 5.67. The van der Waals surface area contributed by atoms with Crippen LogP contribution in [0.15, 0.2) is 34.9 Å². The number of amides is 1. The van der Waals surface area contributed by atoms with E-state index in [1.807, 2.05) is 29.2 Å². The number of carbonyl (C=O) groups is 1. The molecule has 4 heteroatoms. The third-order valence-electron chi connectivity index (χ3n) is 3.99. The molecule has 2 heterocycles. The molecule has 0 aliphatic carbocycles. The monoisotopic (exact) mass is 272 g/mol. The van der Waals surface area contributed by atoms with Crippen molar-refractivity contribution in [2.75, 3.05) is 19.6 Å². The van der Waals surface area contributed by atoms with E-state index in [0.717, 1.165) is 43.4 Å². The van der Waals surface area contributed by atoms with Gasteiger partial charge in [-0.1, -0.05) is 25.1 Å². The molecule has 1 aliphatic rings. The largest absolute Gasteiger partial charge is 0.463 e. The van der Waals surface area contributed by atoms with Crippen molar-refractivity contribution in [1.29, 1.82) is 0 Å². The van der Waals surface area contributed by atoms with Crippen molar-refractivity contribution < 1.29 is 9.21 Å². The summed E-state index contributed by atoms with van der Waals surface area (Å²) >= 11 is 0. The number of furan rings is 1. The van der Waals surface area contributed by atoms with Gasteiger partial charge in [0, 0.05) is 24.5 Å². The Morgan fingerprint density at radius 3 is 2.85 bits per heavy atom. The van der Waals surface area contributed by atoms with E-state index in [4.69, 9.17) is 4.42 Å². The molecule has 1 fully saturated rings. The standard InChI is InChI=1S/C16H20N2O2/c1-2-17-12-7-9-18(10-8-12)16(19)14-11-20-15-6-4-3-5-13(14)15/h3-6,11-12,17H,2,7-10H2,1H3. The van der Waals surface area contributed by atoms with Crippen molar-refractivity contribution in [2.45, 2.75) is 25.8 Å². The smallest absolute Gasteiger partial charge is 0.257 e. The summed E-state index contributed by atoms with van der Waals surface area (Å²) in [6.07, 6.45) is 3.63. The first-order valence-corrected chi connectivity index (χ1v) is 7.28. The van der Waals surface area contributed by atoms with Gasteiger partial charge < -0.3 is 14.6 Å². The Labute approximate surface area is 118 Å². The van der Waals surface area contributed by atoms with Gasteiger partial charge in [-0.05, 0) is 25.5 Å². The minimum absolute atomic E-state index is 0.0879. The molecule has 20 heavy (non-hydrogen) atoms. The van der Waals surface area contributed by atoms with Crippen LogP contribution in [0.5, 0.6) is 0 Å². The Balaban J connectivity index is 1.74. The zero-order valence-electron chi connectivity index (χ0n) is 11.8. The van der Waals surface area contributed by atoms with Gasteiger partial charge in [0.2, 0.25) is 0 Å². The van der Waals surface area contributed by atoms with Crippen LogP contribution in [0.25, 0.3) is 11.0 Å². The van der Waals surface area contributed by atoms with Crippen LogP contribution in [-0.4, -0.2) is 36.5 Å². The van der Waals surface area contributed by atoms with Gasteiger partial charge in [-0.15, -0.1) is 0 Å². The fraction of sp³-hybridized carbons (Fsp3) is 0.438. The fourth-order valence-electron chi connectivity index (χ4n) is 2.89. The summed E-state index contributed by atoms with van der Waals surface area (Å²) in [6, 6.07) is 8.24. The maximum Gasteiger partial charge on any atom is 0.257 e. The lowest BCUT2D eigenvalue weighted by Gasteiger charge is -2.32. The van der Waals surface area contributed by atoms with Crippen LogP contribution < -0.4 is 5.32 Å². The van der Waals surface area contributed by atoms with Gasteiger partial charge >= 0.3 is 0 Å². The quantitative estimate of drug-likeness (QED) is 0.934. The fourth-order valence-corrected chi connectivity index (χ4v) is 2.89. The van der Waals surface area contributed by atoms with Crippen molar-refractivity contribution in [3.05, 3.63) is 36.1 Å². The van der Waals surface area contributed by atoms with Crippen molar-refractivity contribution in [2.24, 2.45) is 0 Å². The number of nitrogens with one attached hydrogen (secondary N) is 1. The zero-order chi connectivity index (χ0) is 13.9. The first-order valence-electron chi connectivity index (χ1n) is 7.28. The Kier molecular flexibility index (Phi) is 3.74. The van der Waals surface area contributed by atoms with Crippen LogP contribution in [-0.2, 0) is 0 Å². The molecule has 0 radical (unpaired) electrons. The summed E-state index contributed by atoms with van der Waals surface area (Å²) in [5.41, 5.74) is 1.46. The maximum atomic E-state index is 12.6. The summed E-state index contributed by atoms with van der Waals surface area (Å²) < 4.78 is 5.46. The second-order valence-corrected chi connectivity index (χ2v) is 5.27. The third kappa shape index (κ3) is 2.43. The minimum Gasteiger partial charge on any atom is -0.463 e. The molecule has 1 saturated heterocycles. The Bertz CT molecular complexity index is 597. The van der Waals surface area contributed by atoms with Gasteiger partial charge in [0.15, 0.2) is 0 Å². The van der Waals surface area contributed by atoms with Gasteiger partial charge in [0.1, 0.15) is 11.8 Å². The van der Waals surface area contributed by atoms with Gasteiger partial charge in [0.05, 0.1) is 5.56 Å². The lowest BCUT2D eigenvalue weighted by atomic mass is 10.0. The zero-order valence-corrected chi connectivity index (χ0v) is 11.8. The molecule has 0 saturated carbocycles. The van der Waals surface area contributed by atoms with E-state index < -0.39 is 0 Å². The predicted octanol–water partition coefficient (Wildman–Crippen LogP) is 2.65. The lowest BCUT2D eigenvalue weighted by Crippen LogP contribution is -2.44. The summed E-state index contributed by atoms with van der Waals surface area (Å²) in [4.78, 5) is 14.5. The van der Waals surface area contributed by atoms with E-state index in [9.17, 15) is 4.79 Å². The van der Waals surface area contributed by atoms with Crippen LogP contribution in [0.4, 0.5) is 0 Å². The van der Waals surface area contributed by atoms with Crippen molar-refractivity contribution in [3.63, 3.8) is 0 Å². The highest BCUT2D eigenvalue weighted by atomic mass is 16.3. The van der Waals surface area contributed by atoms with E-state index in [1.54, 1.807) is 6.26 Å². The molecule has 2 aromatic rings. The molecule has 1 N–H and O–H groups in total. The topological polar surface area (TPSA) is 45.5 Å². The molecule has 0 atom stereocenters. The number of rotatable bonds is 3. The van der Waals surface area contributed by atoms with Crippen LogP contribution in [0, 0.1) is 0 Å². The number of benzene rings is 1. The highest BCUT2D eigenvalue weighted by molar-refractivity contribution is 6.05. The van der Waals surface area contributed by atoms with Gasteiger partial charge in [-0.2, -0.15) is 0 Å². The molecule has 1 aromatic carbocycles. The SMILES string of the molecule is CCNC1CCN(C(=O)c2coc3ccccc23)CC1. The first kappa shape index (κ1) is 13.2. The van der Waals surface area contributed by atoms with Gasteiger partial charge in [-0.25, -0.2) is 0 Å². The van der Waals surface area contributed by atoms with E-state index in [1.165, 1.54) is 0 Å². The molecular formula is C16H20N2O2. The third-order valence-corrected chi connectivity index (χ3v) is 3.99. The number of nitrogens with zero attached hydrogens (tertiary/aromatic N) is 1. The normalized spacial score (nSPS) is 16.8. The maximum absolute atomic E-state index is 12.6. The number of hydrogen-bond donors (Lipinski definition) is 1. The molecule has 1 amide bonds. The number of hydrogen-bond acceptors (Lipinski definition) is 3. The number of fused-ring (bicyclic) bond motifs is 1. The number of piperidine rings is 1. The predicted molar refractivity (Wildman–Crippen MR) is 78.8 cm³/mol. The van der Waals surface area contributed by atoms with E-state index in [2.05, 4.69) is 12.2 Å². The van der Waals surface area contributed by atoms with E-state index in [-0.39, 0.29) is 5.91 Å². The number of para-hydroxylation sites is 1. The average Bonchev–Trinajstić information content (AvgIpc) is 2.92. The van der Waals surface area contributed by atoms with Crippen LogP contribution >= 0.6 is 0 Å². The summed E-state index contributed by atoms with van der Waals surface area (Å²) in [5, 5.41) is 4.36. The molecule has 106 valence electrons. The van der Waals surface area contributed by atoms with Crippen LogP contribution in [0.3, 0.4) is 0 Å². The Morgan fingerprint density at radius 2 is 2.10 bits per heavy atom. The first-order chi connectivity index (χ1) is 9.79. The molecule has 0 spiro atoms. The average molecular weight is 272 g/mol. The van der Waals surface area contributed by atoms with Crippen molar-refractivity contribution >= 4 is 16.9 Å². The van der Waals surface area contributed by atoms with E-state index in [0.29, 0.717) is 11.6 Å². The minimum atomic E-state index is 0.0879. The summed E-state index contributed by atoms with van der Waals surface area (Å²) in [7, 11) is 0. The summed E-state index contributed by atoms with van der Waals surface area (Å²) in [5.74, 6) is 0.0879. The van der Waals surface area contributed by atoms with Gasteiger partial charge in [-0.3, -0.25) is 4.79 Å². The molecular weight excluding hydrogens is 252 g/mol. The summed E-state index contributed by atoms with van der Waals surface area (Å²) in [6.45, 7) is 4.74. The Hall–Kier alpha value is -1.81. The Morgan fingerprint density at radius 1 is 1.35 bits per heavy atom. The van der Waals surface area contributed by atoms with Gasteiger partial charge in [0.25, 0.3) is 5.91 Å². The number of carbonyl (C=O) groups excluding carboxylic acids is 1. The second-order valence-electron chi connectivity index (χ2n) is 5.27. The molecule has 0 bridgehead atoms. The highest BCUT2D eigenvalue weighted by Crippen LogP contribution is 2.23. The molecule has 1 aliphatic heterocycles. The van der Waals surface area contributed by atoms with Crippen LogP contribution in [0.2, 0.25) is 0 Å². The van der Waals surface area contributed by atoms with Crippen LogP contribution in [0.1, 0.15) is 30.1 Å². The van der Waals surface area contributed by atoms with E-state index >= 15 is 0 Å². The number of likely N-dealkylation sites (tertiary alicyclic amines) is 1. The highest BCUT2D eigenvalue weighted by Gasteiger charge is 2.25. The molecule has 4 nitrogen and oxygen atoms in total. The van der Waals surface area contributed by atoms with Crippen molar-refractivity contribution in [3.8, 4) is 0 Å². The van der Waals surface area contributed by atoms with Crippen molar-refractivity contribution in [1.82, 2.24) is 10.2 Å². The lowest BCUT2D eigenvalue weighted by molar-refractivity contribution is 0.0707. The molecule has 1 aromatic heterocycles. The molecule has 0 unspecified atom stereocenters.